The zero-order chi connectivity index (χ0) is 13.8. The minimum Gasteiger partial charge on any atom is -0.309 e. The van der Waals surface area contributed by atoms with Crippen molar-refractivity contribution in [3.63, 3.8) is 0 Å². The molecule has 0 spiro atoms. The first-order valence-electron chi connectivity index (χ1n) is 7.58. The van der Waals surface area contributed by atoms with Gasteiger partial charge in [-0.3, -0.25) is 4.90 Å². The van der Waals surface area contributed by atoms with Crippen molar-refractivity contribution in [3.8, 4) is 0 Å². The maximum Gasteiger partial charge on any atom is 0.107 e. The normalized spacial score (nSPS) is 15.7. The highest BCUT2D eigenvalue weighted by Gasteiger charge is 2.22. The summed E-state index contributed by atoms with van der Waals surface area (Å²) in [5.74, 6) is 0.526. The molecule has 1 aromatic heterocycles. The van der Waals surface area contributed by atoms with Crippen LogP contribution in [0.25, 0.3) is 0 Å². The Morgan fingerprint density at radius 3 is 2.53 bits per heavy atom. The molecule has 0 atom stereocenters. The molecule has 1 fully saturated rings. The summed E-state index contributed by atoms with van der Waals surface area (Å²) in [4.78, 5) is 8.76. The van der Waals surface area contributed by atoms with E-state index in [9.17, 15) is 0 Å². The van der Waals surface area contributed by atoms with Crippen LogP contribution in [0.2, 0.25) is 0 Å². The first-order chi connectivity index (χ1) is 9.13. The summed E-state index contributed by atoms with van der Waals surface area (Å²) in [5, 5.41) is 4.90. The Bertz CT molecular complexity index is 392. The predicted molar refractivity (Wildman–Crippen MR) is 82.7 cm³/mol. The van der Waals surface area contributed by atoms with Crippen molar-refractivity contribution >= 4 is 11.3 Å². The van der Waals surface area contributed by atoms with Crippen LogP contribution >= 0.6 is 11.3 Å². The van der Waals surface area contributed by atoms with E-state index in [2.05, 4.69) is 37.9 Å². The van der Waals surface area contributed by atoms with Gasteiger partial charge in [-0.1, -0.05) is 27.7 Å². The highest BCUT2D eigenvalue weighted by Crippen LogP contribution is 2.27. The molecular formula is C15H27N3S. The second kappa shape index (κ2) is 6.82. The van der Waals surface area contributed by atoms with E-state index in [1.807, 2.05) is 11.3 Å². The Balaban J connectivity index is 2.04. The molecule has 19 heavy (non-hydrogen) atoms. The fourth-order valence-electron chi connectivity index (χ4n) is 2.22. The topological polar surface area (TPSA) is 28.2 Å². The van der Waals surface area contributed by atoms with Crippen LogP contribution in [-0.4, -0.2) is 29.0 Å². The second-order valence-electron chi connectivity index (χ2n) is 5.69. The van der Waals surface area contributed by atoms with E-state index >= 15 is 0 Å². The third-order valence-electron chi connectivity index (χ3n) is 3.70. The van der Waals surface area contributed by atoms with Gasteiger partial charge in [-0.25, -0.2) is 4.98 Å². The van der Waals surface area contributed by atoms with Crippen LogP contribution in [0.4, 0.5) is 0 Å². The highest BCUT2D eigenvalue weighted by molar-refractivity contribution is 7.11. The molecule has 0 amide bonds. The SMILES string of the molecule is CCN(CC)Cc1nc(C(C)C)c(CNC2CC2)s1. The Hall–Kier alpha value is -0.450. The van der Waals surface area contributed by atoms with Crippen molar-refractivity contribution in [2.45, 2.75) is 65.6 Å². The zero-order valence-electron chi connectivity index (χ0n) is 12.7. The van der Waals surface area contributed by atoms with Crippen molar-refractivity contribution in [3.05, 3.63) is 15.6 Å². The summed E-state index contributed by atoms with van der Waals surface area (Å²) in [6, 6.07) is 0.772. The number of nitrogens with one attached hydrogen (secondary N) is 1. The first-order valence-corrected chi connectivity index (χ1v) is 8.39. The van der Waals surface area contributed by atoms with Gasteiger partial charge in [-0.05, 0) is 31.8 Å². The van der Waals surface area contributed by atoms with Crippen LogP contribution in [0.1, 0.15) is 62.0 Å². The Labute approximate surface area is 121 Å². The smallest absolute Gasteiger partial charge is 0.107 e. The van der Waals surface area contributed by atoms with Gasteiger partial charge < -0.3 is 5.32 Å². The van der Waals surface area contributed by atoms with E-state index in [1.54, 1.807) is 0 Å². The maximum atomic E-state index is 4.88. The second-order valence-corrected chi connectivity index (χ2v) is 6.86. The van der Waals surface area contributed by atoms with Crippen molar-refractivity contribution in [2.24, 2.45) is 0 Å². The largest absolute Gasteiger partial charge is 0.309 e. The van der Waals surface area contributed by atoms with Crippen molar-refractivity contribution in [2.75, 3.05) is 13.1 Å². The molecule has 0 unspecified atom stereocenters. The molecule has 0 radical (unpaired) electrons. The predicted octanol–water partition coefficient (Wildman–Crippen LogP) is 3.36. The maximum absolute atomic E-state index is 4.88. The van der Waals surface area contributed by atoms with Crippen LogP contribution in [0, 0.1) is 0 Å². The number of thiazole rings is 1. The van der Waals surface area contributed by atoms with Crippen LogP contribution in [0.15, 0.2) is 0 Å². The van der Waals surface area contributed by atoms with Gasteiger partial charge in [0.1, 0.15) is 5.01 Å². The molecular weight excluding hydrogens is 254 g/mol. The summed E-state index contributed by atoms with van der Waals surface area (Å²) < 4.78 is 0. The molecule has 1 aromatic rings. The van der Waals surface area contributed by atoms with Crippen molar-refractivity contribution in [1.82, 2.24) is 15.2 Å². The minimum atomic E-state index is 0.526. The average molecular weight is 281 g/mol. The van der Waals surface area contributed by atoms with Gasteiger partial charge in [-0.15, -0.1) is 11.3 Å². The fourth-order valence-corrected chi connectivity index (χ4v) is 3.44. The zero-order valence-corrected chi connectivity index (χ0v) is 13.5. The molecule has 1 aliphatic carbocycles. The monoisotopic (exact) mass is 281 g/mol. The van der Waals surface area contributed by atoms with E-state index in [4.69, 9.17) is 4.98 Å². The van der Waals surface area contributed by atoms with Gasteiger partial charge in [0.05, 0.1) is 12.2 Å². The molecule has 4 heteroatoms. The van der Waals surface area contributed by atoms with E-state index in [0.717, 1.165) is 32.2 Å². The molecule has 0 aromatic carbocycles. The standard InChI is InChI=1S/C15H27N3S/c1-5-18(6-2)10-14-17-15(11(3)4)13(19-14)9-16-12-7-8-12/h11-12,16H,5-10H2,1-4H3. The number of nitrogens with zero attached hydrogens (tertiary/aromatic N) is 2. The Morgan fingerprint density at radius 1 is 1.32 bits per heavy atom. The van der Waals surface area contributed by atoms with Gasteiger partial charge in [0.2, 0.25) is 0 Å². The average Bonchev–Trinajstić information content (AvgIpc) is 3.13. The van der Waals surface area contributed by atoms with Gasteiger partial charge >= 0.3 is 0 Å². The third-order valence-corrected chi connectivity index (χ3v) is 4.76. The van der Waals surface area contributed by atoms with Gasteiger partial charge in [-0.2, -0.15) is 0 Å². The highest BCUT2D eigenvalue weighted by atomic mass is 32.1. The number of hydrogen-bond acceptors (Lipinski definition) is 4. The summed E-state index contributed by atoms with van der Waals surface area (Å²) in [7, 11) is 0. The van der Waals surface area contributed by atoms with E-state index in [0.29, 0.717) is 5.92 Å². The van der Waals surface area contributed by atoms with Gasteiger partial charge in [0.15, 0.2) is 0 Å². The molecule has 1 heterocycles. The van der Waals surface area contributed by atoms with E-state index in [1.165, 1.54) is 28.4 Å². The lowest BCUT2D eigenvalue weighted by Crippen LogP contribution is -2.21. The number of aromatic nitrogens is 1. The molecule has 1 aliphatic rings. The lowest BCUT2D eigenvalue weighted by atomic mass is 10.1. The molecule has 108 valence electrons. The van der Waals surface area contributed by atoms with Gasteiger partial charge in [0, 0.05) is 17.5 Å². The molecule has 2 rings (SSSR count). The summed E-state index contributed by atoms with van der Waals surface area (Å²) in [6.45, 7) is 13.1. The number of hydrogen-bond donors (Lipinski definition) is 1. The fraction of sp³-hybridized carbons (Fsp3) is 0.800. The Kier molecular flexibility index (Phi) is 5.37. The molecule has 0 saturated heterocycles. The van der Waals surface area contributed by atoms with Crippen LogP contribution in [0.3, 0.4) is 0 Å². The molecule has 0 bridgehead atoms. The number of rotatable bonds is 8. The lowest BCUT2D eigenvalue weighted by Gasteiger charge is -2.15. The van der Waals surface area contributed by atoms with Crippen LogP contribution in [0.5, 0.6) is 0 Å². The van der Waals surface area contributed by atoms with Crippen LogP contribution in [-0.2, 0) is 13.1 Å². The quantitative estimate of drug-likeness (QED) is 0.792. The molecule has 3 nitrogen and oxygen atoms in total. The van der Waals surface area contributed by atoms with Gasteiger partial charge in [0.25, 0.3) is 0 Å². The minimum absolute atomic E-state index is 0.526. The lowest BCUT2D eigenvalue weighted by molar-refractivity contribution is 0.295. The summed E-state index contributed by atoms with van der Waals surface area (Å²) >= 11 is 1.90. The third kappa shape index (κ3) is 4.26. The van der Waals surface area contributed by atoms with Crippen LogP contribution < -0.4 is 5.32 Å². The van der Waals surface area contributed by atoms with E-state index in [-0.39, 0.29) is 0 Å². The first kappa shape index (κ1) is 14.9. The molecule has 1 N–H and O–H groups in total. The summed E-state index contributed by atoms with van der Waals surface area (Å²) in [6.07, 6.45) is 2.70. The summed E-state index contributed by atoms with van der Waals surface area (Å²) in [5.41, 5.74) is 1.31. The van der Waals surface area contributed by atoms with E-state index < -0.39 is 0 Å². The molecule has 0 aliphatic heterocycles. The molecule has 1 saturated carbocycles. The van der Waals surface area contributed by atoms with Crippen molar-refractivity contribution < 1.29 is 0 Å². The van der Waals surface area contributed by atoms with Crippen molar-refractivity contribution in [1.29, 1.82) is 0 Å². The Morgan fingerprint density at radius 2 is 2.00 bits per heavy atom.